The topological polar surface area (TPSA) is 163 Å². The SMILES string of the molecule is C=C(C)C(=O)Oc1ccc(-c2c3nc(c(-c4ccc(OC(=O)C(=C)C)cc4)c4ccc([nH]4)c(-c4ccc(OC(=O)C(=C)C)cc4)c4nc(c(-c5ccc(OC(=O)C(=C)C)cc5)c5ccc2[nH]5)C=C4)C=C3)cc1.[Zn]. The van der Waals surface area contributed by atoms with E-state index in [0.717, 1.165) is 66.6 Å². The Hall–Kier alpha value is -9.06. The van der Waals surface area contributed by atoms with Crippen molar-refractivity contribution < 1.29 is 57.6 Å². The smallest absolute Gasteiger partial charge is 0.338 e. The zero-order valence-corrected chi connectivity index (χ0v) is 43.5. The van der Waals surface area contributed by atoms with Gasteiger partial charge in [-0.25, -0.2) is 29.1 Å². The fourth-order valence-electron chi connectivity index (χ4n) is 7.96. The molecule has 7 aromatic rings. The van der Waals surface area contributed by atoms with Gasteiger partial charge in [0.1, 0.15) is 23.0 Å². The summed E-state index contributed by atoms with van der Waals surface area (Å²) in [6.45, 7) is 21.2. The van der Waals surface area contributed by atoms with Crippen molar-refractivity contribution in [1.82, 2.24) is 19.9 Å². The van der Waals surface area contributed by atoms with E-state index in [1.54, 1.807) is 76.2 Å². The molecule has 8 bridgehead atoms. The number of aromatic amines is 2. The molecule has 4 aromatic carbocycles. The molecular weight excluding hydrogens is 970 g/mol. The van der Waals surface area contributed by atoms with Gasteiger partial charge in [-0.3, -0.25) is 0 Å². The molecule has 13 heteroatoms. The van der Waals surface area contributed by atoms with E-state index in [1.165, 1.54) is 0 Å². The summed E-state index contributed by atoms with van der Waals surface area (Å²) in [4.78, 5) is 68.0. The first-order valence-electron chi connectivity index (χ1n) is 22.7. The van der Waals surface area contributed by atoms with Crippen molar-refractivity contribution in [3.8, 4) is 67.5 Å². The van der Waals surface area contributed by atoms with Crippen LogP contribution in [-0.4, -0.2) is 43.8 Å². The fraction of sp³-hybridized carbons (Fsp3) is 0.0667. The molecule has 12 nitrogen and oxygen atoms in total. The van der Waals surface area contributed by atoms with Gasteiger partial charge >= 0.3 is 23.9 Å². The van der Waals surface area contributed by atoms with E-state index in [-0.39, 0.29) is 41.8 Å². The summed E-state index contributed by atoms with van der Waals surface area (Å²) < 4.78 is 22.2. The van der Waals surface area contributed by atoms with Gasteiger partial charge < -0.3 is 28.9 Å². The molecule has 2 aliphatic heterocycles. The Bertz CT molecular complexity index is 3210. The molecule has 5 heterocycles. The minimum atomic E-state index is -0.535. The first-order chi connectivity index (χ1) is 34.6. The van der Waals surface area contributed by atoms with Gasteiger partial charge in [0.25, 0.3) is 0 Å². The number of carbonyl (C=O) groups excluding carboxylic acids is 4. The molecule has 0 spiro atoms. The number of nitrogens with zero attached hydrogens (tertiary/aromatic N) is 2. The van der Waals surface area contributed by atoms with Crippen molar-refractivity contribution >= 4 is 70.2 Å². The summed E-state index contributed by atoms with van der Waals surface area (Å²) >= 11 is 0. The van der Waals surface area contributed by atoms with E-state index < -0.39 is 23.9 Å². The van der Waals surface area contributed by atoms with Crippen molar-refractivity contribution in [2.45, 2.75) is 27.7 Å². The molecule has 356 valence electrons. The Kier molecular flexibility index (Phi) is 14.6. The number of fused-ring (bicyclic) bond motifs is 8. The maximum Gasteiger partial charge on any atom is 0.338 e. The van der Waals surface area contributed by atoms with Crippen molar-refractivity contribution in [3.05, 3.63) is 193 Å². The van der Waals surface area contributed by atoms with E-state index in [2.05, 4.69) is 36.3 Å². The maximum absolute atomic E-state index is 12.5. The second kappa shape index (κ2) is 21.1. The molecule has 0 amide bonds. The number of rotatable bonds is 12. The number of benzene rings is 4. The standard InChI is InChI=1S/C60H46N4O8.Zn/c1-33(2)57(65)69-41-17-9-37(10-18-41)53-45-25-27-47(61-45)54(38-11-19-42(20-12-38)70-58(66)34(3)4)49-29-31-51(63-49)56(40-15-23-44(24-16-40)72-60(68)36(7)8)52-32-30-50(64-52)55(48-28-26-46(53)62-48)39-13-21-43(22-14-39)71-59(67)35(5)6;/h9-32,61,64H,1,3,5,7H2,2,4,6,8H3;. The molecule has 0 aliphatic carbocycles. The summed E-state index contributed by atoms with van der Waals surface area (Å²) in [5.41, 5.74) is 12.6. The number of H-pyrrole nitrogens is 2. The number of hydrogen-bond acceptors (Lipinski definition) is 10. The molecule has 0 radical (unpaired) electrons. The van der Waals surface area contributed by atoms with E-state index >= 15 is 0 Å². The molecule has 0 unspecified atom stereocenters. The van der Waals surface area contributed by atoms with Crippen molar-refractivity contribution in [2.24, 2.45) is 0 Å². The van der Waals surface area contributed by atoms with Gasteiger partial charge in [-0.05, 0) is 147 Å². The number of carbonyl (C=O) groups is 4. The number of aromatic nitrogens is 4. The minimum absolute atomic E-state index is 0. The zero-order valence-electron chi connectivity index (χ0n) is 40.6. The van der Waals surface area contributed by atoms with Crippen LogP contribution in [0.5, 0.6) is 23.0 Å². The second-order valence-corrected chi connectivity index (χ2v) is 17.3. The number of ether oxygens (including phenoxy) is 4. The van der Waals surface area contributed by atoms with E-state index in [4.69, 9.17) is 28.9 Å². The van der Waals surface area contributed by atoms with Gasteiger partial charge in [0.15, 0.2) is 0 Å². The van der Waals surface area contributed by atoms with E-state index in [9.17, 15) is 19.2 Å². The molecule has 73 heavy (non-hydrogen) atoms. The Morgan fingerprint density at radius 3 is 0.712 bits per heavy atom. The van der Waals surface area contributed by atoms with Crippen LogP contribution in [0.1, 0.15) is 50.5 Å². The Morgan fingerprint density at radius 1 is 0.342 bits per heavy atom. The third-order valence-electron chi connectivity index (χ3n) is 11.6. The number of nitrogens with one attached hydrogen (secondary N) is 2. The fourth-order valence-corrected chi connectivity index (χ4v) is 7.96. The molecule has 3 aromatic heterocycles. The number of hydrogen-bond donors (Lipinski definition) is 2. The quantitative estimate of drug-likeness (QED) is 0.0521. The normalized spacial score (nSPS) is 11.2. The van der Waals surface area contributed by atoms with Crippen LogP contribution >= 0.6 is 0 Å². The monoisotopic (exact) mass is 1010 g/mol. The van der Waals surface area contributed by atoms with E-state index in [1.807, 2.05) is 97.1 Å². The molecule has 2 aliphatic rings. The number of esters is 4. The molecule has 0 saturated carbocycles. The Balaban J connectivity index is 0.00000711. The van der Waals surface area contributed by atoms with Gasteiger partial charge in [0.2, 0.25) is 0 Å². The largest absolute Gasteiger partial charge is 0.423 e. The van der Waals surface area contributed by atoms with Crippen LogP contribution < -0.4 is 18.9 Å². The average molecular weight is 1020 g/mol. The van der Waals surface area contributed by atoms with Crippen LogP contribution in [0.25, 0.3) is 90.9 Å². The van der Waals surface area contributed by atoms with Gasteiger partial charge in [-0.2, -0.15) is 0 Å². The van der Waals surface area contributed by atoms with Crippen LogP contribution in [0.4, 0.5) is 0 Å². The predicted octanol–water partition coefficient (Wildman–Crippen LogP) is 13.2. The van der Waals surface area contributed by atoms with E-state index in [0.29, 0.717) is 45.8 Å². The molecular formula is C60H46N4O8Zn. The van der Waals surface area contributed by atoms with Gasteiger partial charge in [0, 0.05) is 86.1 Å². The Morgan fingerprint density at radius 2 is 0.534 bits per heavy atom. The summed E-state index contributed by atoms with van der Waals surface area (Å²) in [5, 5.41) is 0. The third-order valence-corrected chi connectivity index (χ3v) is 11.6. The summed E-state index contributed by atoms with van der Waals surface area (Å²) in [7, 11) is 0. The zero-order chi connectivity index (χ0) is 50.8. The molecule has 0 atom stereocenters. The second-order valence-electron chi connectivity index (χ2n) is 17.3. The van der Waals surface area contributed by atoms with Crippen LogP contribution in [0.3, 0.4) is 0 Å². The maximum atomic E-state index is 12.5. The van der Waals surface area contributed by atoms with Crippen LogP contribution in [0.2, 0.25) is 0 Å². The summed E-state index contributed by atoms with van der Waals surface area (Å²) in [6, 6.07) is 36.6. The first kappa shape index (κ1) is 50.3. The Labute approximate surface area is 433 Å². The minimum Gasteiger partial charge on any atom is -0.423 e. The third kappa shape index (κ3) is 10.8. The first-order valence-corrected chi connectivity index (χ1v) is 22.7. The average Bonchev–Trinajstić information content (AvgIpc) is 4.22. The van der Waals surface area contributed by atoms with Gasteiger partial charge in [-0.1, -0.05) is 74.8 Å². The molecule has 9 rings (SSSR count). The summed E-state index contributed by atoms with van der Waals surface area (Å²) in [6.07, 6.45) is 7.80. The van der Waals surface area contributed by atoms with Crippen molar-refractivity contribution in [2.75, 3.05) is 0 Å². The van der Waals surface area contributed by atoms with Crippen molar-refractivity contribution in [1.29, 1.82) is 0 Å². The van der Waals surface area contributed by atoms with Crippen LogP contribution in [0, 0.1) is 0 Å². The van der Waals surface area contributed by atoms with Gasteiger partial charge in [0.05, 0.1) is 22.8 Å². The molecule has 0 fully saturated rings. The van der Waals surface area contributed by atoms with Gasteiger partial charge in [-0.15, -0.1) is 0 Å². The summed E-state index contributed by atoms with van der Waals surface area (Å²) in [5.74, 6) is -0.735. The van der Waals surface area contributed by atoms with Crippen molar-refractivity contribution in [3.63, 3.8) is 0 Å². The van der Waals surface area contributed by atoms with Crippen LogP contribution in [-0.2, 0) is 38.7 Å². The van der Waals surface area contributed by atoms with Crippen LogP contribution in [0.15, 0.2) is 170 Å². The predicted molar refractivity (Wildman–Crippen MR) is 282 cm³/mol. The molecule has 0 saturated heterocycles. The molecule has 2 N–H and O–H groups in total.